The van der Waals surface area contributed by atoms with E-state index in [-0.39, 0.29) is 5.75 Å². The number of phenols is 1. The Bertz CT molecular complexity index is 1340. The number of ether oxygens (including phenoxy) is 3. The van der Waals surface area contributed by atoms with E-state index in [2.05, 4.69) is 27.7 Å². The van der Waals surface area contributed by atoms with Gasteiger partial charge in [-0.1, -0.05) is 12.1 Å². The number of methoxy groups -OCH3 is 2. The number of phenolic OH excluding ortho intramolecular Hbond substituents is 1. The van der Waals surface area contributed by atoms with E-state index in [9.17, 15) is 5.11 Å². The van der Waals surface area contributed by atoms with Gasteiger partial charge in [-0.2, -0.15) is 4.98 Å². The number of rotatable bonds is 9. The maximum Gasteiger partial charge on any atom is 0.229 e. The second-order valence-electron chi connectivity index (χ2n) is 8.73. The van der Waals surface area contributed by atoms with E-state index >= 15 is 0 Å². The predicted molar refractivity (Wildman–Crippen MR) is 146 cm³/mol. The number of morpholine rings is 1. The molecule has 2 heterocycles. The van der Waals surface area contributed by atoms with Crippen LogP contribution in [0.4, 0.5) is 23.1 Å². The molecule has 1 saturated heterocycles. The van der Waals surface area contributed by atoms with Gasteiger partial charge in [0.2, 0.25) is 5.95 Å². The van der Waals surface area contributed by atoms with Gasteiger partial charge in [0.25, 0.3) is 0 Å². The minimum Gasteiger partial charge on any atom is -0.508 e. The number of aromatic nitrogens is 2. The van der Waals surface area contributed by atoms with E-state index in [1.165, 1.54) is 5.69 Å². The van der Waals surface area contributed by atoms with Crippen molar-refractivity contribution in [3.05, 3.63) is 66.2 Å². The van der Waals surface area contributed by atoms with Crippen molar-refractivity contribution in [1.82, 2.24) is 9.97 Å². The third-order valence-electron chi connectivity index (χ3n) is 6.34. The van der Waals surface area contributed by atoms with Crippen LogP contribution >= 0.6 is 0 Å². The minimum atomic E-state index is 0.258. The van der Waals surface area contributed by atoms with Gasteiger partial charge in [0.15, 0.2) is 11.5 Å². The first-order chi connectivity index (χ1) is 18.1. The average molecular weight is 502 g/mol. The molecule has 5 rings (SSSR count). The number of anilines is 4. The first-order valence-corrected chi connectivity index (χ1v) is 12.3. The summed E-state index contributed by atoms with van der Waals surface area (Å²) in [7, 11) is 3.22. The molecule has 3 aromatic carbocycles. The summed E-state index contributed by atoms with van der Waals surface area (Å²) in [5.41, 5.74) is 3.91. The van der Waals surface area contributed by atoms with E-state index in [1.807, 2.05) is 36.4 Å². The molecule has 0 bridgehead atoms. The molecule has 1 fully saturated rings. The average Bonchev–Trinajstić information content (AvgIpc) is 2.94. The molecule has 37 heavy (non-hydrogen) atoms. The van der Waals surface area contributed by atoms with Crippen LogP contribution in [0.2, 0.25) is 0 Å². The Kier molecular flexibility index (Phi) is 7.41. The molecule has 0 atom stereocenters. The van der Waals surface area contributed by atoms with Crippen molar-refractivity contribution in [3.8, 4) is 17.2 Å². The first-order valence-electron chi connectivity index (χ1n) is 12.3. The van der Waals surface area contributed by atoms with Crippen molar-refractivity contribution < 1.29 is 19.3 Å². The van der Waals surface area contributed by atoms with Crippen molar-refractivity contribution >= 4 is 34.0 Å². The molecule has 0 saturated carbocycles. The second kappa shape index (κ2) is 11.2. The molecule has 9 nitrogen and oxygen atoms in total. The van der Waals surface area contributed by atoms with Crippen molar-refractivity contribution in [2.24, 2.45) is 0 Å². The van der Waals surface area contributed by atoms with E-state index in [0.29, 0.717) is 29.8 Å². The Morgan fingerprint density at radius 3 is 2.32 bits per heavy atom. The highest BCUT2D eigenvalue weighted by Crippen LogP contribution is 2.35. The summed E-state index contributed by atoms with van der Waals surface area (Å²) in [6, 6.07) is 19.2. The molecule has 0 unspecified atom stereocenters. The summed E-state index contributed by atoms with van der Waals surface area (Å²) >= 11 is 0. The minimum absolute atomic E-state index is 0.258. The lowest BCUT2D eigenvalue weighted by atomic mass is 10.1. The first kappa shape index (κ1) is 24.5. The largest absolute Gasteiger partial charge is 0.508 e. The second-order valence-corrected chi connectivity index (χ2v) is 8.73. The normalized spacial score (nSPS) is 13.4. The van der Waals surface area contributed by atoms with Crippen LogP contribution in [-0.2, 0) is 11.2 Å². The Labute approximate surface area is 216 Å². The van der Waals surface area contributed by atoms with E-state index in [0.717, 1.165) is 54.9 Å². The fourth-order valence-corrected chi connectivity index (χ4v) is 4.34. The molecule has 0 aliphatic carbocycles. The van der Waals surface area contributed by atoms with Gasteiger partial charge < -0.3 is 34.9 Å². The molecule has 1 aromatic heterocycles. The van der Waals surface area contributed by atoms with Gasteiger partial charge in [0.1, 0.15) is 11.6 Å². The zero-order valence-corrected chi connectivity index (χ0v) is 21.0. The number of fused-ring (bicyclic) bond motifs is 1. The summed E-state index contributed by atoms with van der Waals surface area (Å²) in [5, 5.41) is 17.2. The summed E-state index contributed by atoms with van der Waals surface area (Å²) in [6.07, 6.45) is 0.769. The summed E-state index contributed by atoms with van der Waals surface area (Å²) in [5.74, 6) is 2.64. The SMILES string of the molecule is COc1cc2nc(Nc3ccc(N4CCOCC4)cc3)nc(NCCc3ccc(O)cc3)c2cc1OC. The lowest BCUT2D eigenvalue weighted by Crippen LogP contribution is -2.36. The van der Waals surface area contributed by atoms with Gasteiger partial charge >= 0.3 is 0 Å². The van der Waals surface area contributed by atoms with Crippen molar-refractivity contribution in [2.45, 2.75) is 6.42 Å². The topological polar surface area (TPSA) is 101 Å². The maximum atomic E-state index is 9.53. The highest BCUT2D eigenvalue weighted by Gasteiger charge is 2.15. The monoisotopic (exact) mass is 501 g/mol. The highest BCUT2D eigenvalue weighted by atomic mass is 16.5. The van der Waals surface area contributed by atoms with Crippen LogP contribution in [0, 0.1) is 0 Å². The van der Waals surface area contributed by atoms with Gasteiger partial charge in [-0.05, 0) is 54.4 Å². The molecular formula is C28H31N5O4. The van der Waals surface area contributed by atoms with Crippen LogP contribution in [-0.4, -0.2) is 62.1 Å². The zero-order chi connectivity index (χ0) is 25.6. The summed E-state index contributed by atoms with van der Waals surface area (Å²) in [6.45, 7) is 3.94. The predicted octanol–water partition coefficient (Wildman–Crippen LogP) is 4.59. The van der Waals surface area contributed by atoms with Crippen LogP contribution < -0.4 is 25.0 Å². The van der Waals surface area contributed by atoms with Gasteiger partial charge in [-0.15, -0.1) is 0 Å². The standard InChI is InChI=1S/C28H31N5O4/c1-35-25-17-23-24(18-26(25)36-2)31-28(32-27(23)29-12-11-19-3-9-22(34)10-4-19)30-20-5-7-21(8-6-20)33-13-15-37-16-14-33/h3-10,17-18,34H,11-16H2,1-2H3,(H2,29,30,31,32). The molecule has 3 N–H and O–H groups in total. The van der Waals surface area contributed by atoms with E-state index in [4.69, 9.17) is 24.2 Å². The molecule has 1 aliphatic heterocycles. The molecule has 1 aliphatic rings. The summed E-state index contributed by atoms with van der Waals surface area (Å²) < 4.78 is 16.5. The van der Waals surface area contributed by atoms with Gasteiger partial charge in [0.05, 0.1) is 33.0 Å². The fourth-order valence-electron chi connectivity index (χ4n) is 4.34. The third kappa shape index (κ3) is 5.78. The Morgan fingerprint density at radius 1 is 0.919 bits per heavy atom. The van der Waals surface area contributed by atoms with Crippen LogP contribution in [0.15, 0.2) is 60.7 Å². The smallest absolute Gasteiger partial charge is 0.229 e. The molecule has 0 radical (unpaired) electrons. The number of nitrogens with zero attached hydrogens (tertiary/aromatic N) is 3. The van der Waals surface area contributed by atoms with Crippen molar-refractivity contribution in [3.63, 3.8) is 0 Å². The van der Waals surface area contributed by atoms with Crippen LogP contribution in [0.5, 0.6) is 17.2 Å². The number of benzene rings is 3. The van der Waals surface area contributed by atoms with Crippen molar-refractivity contribution in [1.29, 1.82) is 0 Å². The highest BCUT2D eigenvalue weighted by molar-refractivity contribution is 5.93. The van der Waals surface area contributed by atoms with E-state index < -0.39 is 0 Å². The van der Waals surface area contributed by atoms with Crippen LogP contribution in [0.3, 0.4) is 0 Å². The van der Waals surface area contributed by atoms with Crippen molar-refractivity contribution in [2.75, 3.05) is 62.6 Å². The molecule has 0 amide bonds. The number of aromatic hydroxyl groups is 1. The van der Waals surface area contributed by atoms with Crippen LogP contribution in [0.25, 0.3) is 10.9 Å². The Balaban J connectivity index is 1.40. The zero-order valence-electron chi connectivity index (χ0n) is 21.0. The summed E-state index contributed by atoms with van der Waals surface area (Å²) in [4.78, 5) is 11.9. The van der Waals surface area contributed by atoms with Gasteiger partial charge in [-0.3, -0.25) is 0 Å². The molecule has 4 aromatic rings. The Morgan fingerprint density at radius 2 is 1.62 bits per heavy atom. The number of hydrogen-bond acceptors (Lipinski definition) is 9. The fraction of sp³-hybridized carbons (Fsp3) is 0.286. The molecule has 9 heteroatoms. The van der Waals surface area contributed by atoms with Gasteiger partial charge in [-0.25, -0.2) is 4.98 Å². The quantitative estimate of drug-likeness (QED) is 0.304. The number of nitrogens with one attached hydrogen (secondary N) is 2. The Hall–Kier alpha value is -4.24. The maximum absolute atomic E-state index is 9.53. The third-order valence-corrected chi connectivity index (χ3v) is 6.34. The molecular weight excluding hydrogens is 470 g/mol. The lowest BCUT2D eigenvalue weighted by Gasteiger charge is -2.28. The number of hydrogen-bond donors (Lipinski definition) is 3. The molecule has 0 spiro atoms. The van der Waals surface area contributed by atoms with Crippen LogP contribution in [0.1, 0.15) is 5.56 Å². The van der Waals surface area contributed by atoms with E-state index in [1.54, 1.807) is 26.4 Å². The van der Waals surface area contributed by atoms with Gasteiger partial charge in [0, 0.05) is 42.5 Å². The molecule has 192 valence electrons. The lowest BCUT2D eigenvalue weighted by molar-refractivity contribution is 0.122.